The van der Waals surface area contributed by atoms with Gasteiger partial charge < -0.3 is 10.1 Å². The van der Waals surface area contributed by atoms with E-state index >= 15 is 0 Å². The van der Waals surface area contributed by atoms with Crippen molar-refractivity contribution in [2.45, 2.75) is 38.3 Å². The van der Waals surface area contributed by atoms with Crippen LogP contribution in [0.1, 0.15) is 26.2 Å². The maximum Gasteiger partial charge on any atom is 0.0700 e. The van der Waals surface area contributed by atoms with E-state index in [2.05, 4.69) is 18.5 Å². The number of unbranched alkanes of at least 4 members (excludes halogenated alkanes) is 1. The van der Waals surface area contributed by atoms with Crippen molar-refractivity contribution in [1.29, 1.82) is 0 Å². The number of nitrogens with one attached hydrogen (secondary N) is 1. The van der Waals surface area contributed by atoms with Gasteiger partial charge in [-0.15, -0.1) is 0 Å². The summed E-state index contributed by atoms with van der Waals surface area (Å²) in [5.74, 6) is 1.29. The molecule has 0 spiro atoms. The smallest absolute Gasteiger partial charge is 0.0700 e. The van der Waals surface area contributed by atoms with Gasteiger partial charge in [0.2, 0.25) is 0 Å². The Kier molecular flexibility index (Phi) is 5.83. The van der Waals surface area contributed by atoms with E-state index in [1.165, 1.54) is 25.0 Å². The van der Waals surface area contributed by atoms with Crippen LogP contribution < -0.4 is 5.32 Å². The molecule has 2 nitrogen and oxygen atoms in total. The van der Waals surface area contributed by atoms with Crippen molar-refractivity contribution >= 4 is 11.8 Å². The first kappa shape index (κ1) is 11.3. The molecular weight excluding hydrogens is 182 g/mol. The lowest BCUT2D eigenvalue weighted by Crippen LogP contribution is -2.35. The molecular formula is C10H21NOS. The van der Waals surface area contributed by atoms with Crippen molar-refractivity contribution in [2.75, 3.05) is 25.2 Å². The lowest BCUT2D eigenvalue weighted by molar-refractivity contribution is 0.113. The number of hydrogen-bond acceptors (Lipinski definition) is 3. The predicted octanol–water partition coefficient (Wildman–Crippen LogP) is 1.90. The Labute approximate surface area is 85.8 Å². The predicted molar refractivity (Wildman–Crippen MR) is 59.4 cm³/mol. The summed E-state index contributed by atoms with van der Waals surface area (Å²) in [5.41, 5.74) is 0. The summed E-state index contributed by atoms with van der Waals surface area (Å²) < 4.78 is 5.48. The van der Waals surface area contributed by atoms with E-state index in [-0.39, 0.29) is 0 Å². The summed E-state index contributed by atoms with van der Waals surface area (Å²) in [4.78, 5) is 0. The molecule has 0 bridgehead atoms. The van der Waals surface area contributed by atoms with Gasteiger partial charge in [0.15, 0.2) is 0 Å². The molecule has 0 aromatic heterocycles. The second kappa shape index (κ2) is 6.68. The van der Waals surface area contributed by atoms with Crippen LogP contribution in [0.4, 0.5) is 0 Å². The largest absolute Gasteiger partial charge is 0.377 e. The molecule has 1 N–H and O–H groups in total. The molecule has 2 atom stereocenters. The quantitative estimate of drug-likeness (QED) is 0.666. The van der Waals surface area contributed by atoms with Gasteiger partial charge in [-0.25, -0.2) is 0 Å². The zero-order chi connectivity index (χ0) is 9.52. The third kappa shape index (κ3) is 4.34. The average molecular weight is 203 g/mol. The molecule has 3 heteroatoms. The van der Waals surface area contributed by atoms with Crippen LogP contribution in [0, 0.1) is 0 Å². The minimum Gasteiger partial charge on any atom is -0.377 e. The van der Waals surface area contributed by atoms with E-state index in [0.29, 0.717) is 12.1 Å². The minimum atomic E-state index is 0.417. The summed E-state index contributed by atoms with van der Waals surface area (Å²) in [6.45, 7) is 4.25. The van der Waals surface area contributed by atoms with Gasteiger partial charge in [0.05, 0.1) is 6.10 Å². The van der Waals surface area contributed by atoms with E-state index in [4.69, 9.17) is 4.74 Å². The topological polar surface area (TPSA) is 21.3 Å². The van der Waals surface area contributed by atoms with Crippen LogP contribution in [-0.2, 0) is 4.74 Å². The number of thioether (sulfide) groups is 1. The van der Waals surface area contributed by atoms with E-state index in [9.17, 15) is 0 Å². The summed E-state index contributed by atoms with van der Waals surface area (Å²) in [7, 11) is 0. The molecule has 0 amide bonds. The van der Waals surface area contributed by atoms with E-state index in [1.807, 2.05) is 11.8 Å². The first-order valence-electron chi connectivity index (χ1n) is 5.18. The Hall–Kier alpha value is 0.270. The summed E-state index contributed by atoms with van der Waals surface area (Å²) in [6, 6.07) is 0.606. The fraction of sp³-hybridized carbons (Fsp3) is 1.00. The molecule has 0 aromatic rings. The highest BCUT2D eigenvalue weighted by atomic mass is 32.2. The highest BCUT2D eigenvalue weighted by Crippen LogP contribution is 2.12. The number of hydrogen-bond donors (Lipinski definition) is 1. The second-order valence-corrected chi connectivity index (χ2v) is 4.61. The standard InChI is InChI=1S/C10H21NOS/c1-9-10(5-7-12-9)11-6-3-4-8-13-2/h9-11H,3-8H2,1-2H3. The van der Waals surface area contributed by atoms with Crippen LogP contribution in [0.25, 0.3) is 0 Å². The summed E-state index contributed by atoms with van der Waals surface area (Å²) in [6.07, 6.45) is 6.39. The summed E-state index contributed by atoms with van der Waals surface area (Å²) >= 11 is 1.93. The molecule has 2 unspecified atom stereocenters. The first-order valence-corrected chi connectivity index (χ1v) is 6.58. The van der Waals surface area contributed by atoms with Crippen LogP contribution in [0.15, 0.2) is 0 Å². The molecule has 78 valence electrons. The van der Waals surface area contributed by atoms with Crippen molar-refractivity contribution in [1.82, 2.24) is 5.32 Å². The van der Waals surface area contributed by atoms with Gasteiger partial charge in [0.25, 0.3) is 0 Å². The Morgan fingerprint density at radius 3 is 2.92 bits per heavy atom. The Morgan fingerprint density at radius 2 is 2.31 bits per heavy atom. The fourth-order valence-corrected chi connectivity index (χ4v) is 2.15. The molecule has 1 heterocycles. The second-order valence-electron chi connectivity index (χ2n) is 3.63. The van der Waals surface area contributed by atoms with Gasteiger partial charge in [0.1, 0.15) is 0 Å². The Morgan fingerprint density at radius 1 is 1.46 bits per heavy atom. The average Bonchev–Trinajstić information content (AvgIpc) is 2.52. The first-order chi connectivity index (χ1) is 6.34. The van der Waals surface area contributed by atoms with Gasteiger partial charge in [-0.2, -0.15) is 11.8 Å². The maximum absolute atomic E-state index is 5.48. The van der Waals surface area contributed by atoms with Crippen molar-refractivity contribution in [3.63, 3.8) is 0 Å². The molecule has 1 aliphatic heterocycles. The maximum atomic E-state index is 5.48. The van der Waals surface area contributed by atoms with E-state index in [1.54, 1.807) is 0 Å². The van der Waals surface area contributed by atoms with Gasteiger partial charge in [-0.3, -0.25) is 0 Å². The van der Waals surface area contributed by atoms with Gasteiger partial charge in [0, 0.05) is 12.6 Å². The van der Waals surface area contributed by atoms with Crippen LogP contribution in [0.3, 0.4) is 0 Å². The lowest BCUT2D eigenvalue weighted by Gasteiger charge is -2.15. The molecule has 0 saturated carbocycles. The highest BCUT2D eigenvalue weighted by molar-refractivity contribution is 7.98. The van der Waals surface area contributed by atoms with E-state index < -0.39 is 0 Å². The molecule has 0 aliphatic carbocycles. The number of ether oxygens (including phenoxy) is 1. The molecule has 1 aliphatic rings. The van der Waals surface area contributed by atoms with Gasteiger partial charge in [-0.05, 0) is 44.7 Å². The van der Waals surface area contributed by atoms with Gasteiger partial charge >= 0.3 is 0 Å². The van der Waals surface area contributed by atoms with Crippen molar-refractivity contribution < 1.29 is 4.74 Å². The lowest BCUT2D eigenvalue weighted by atomic mass is 10.1. The molecule has 0 radical (unpaired) electrons. The van der Waals surface area contributed by atoms with Crippen molar-refractivity contribution in [3.05, 3.63) is 0 Å². The summed E-state index contributed by atoms with van der Waals surface area (Å²) in [5, 5.41) is 3.56. The van der Waals surface area contributed by atoms with E-state index in [0.717, 1.165) is 13.2 Å². The number of rotatable bonds is 6. The fourth-order valence-electron chi connectivity index (χ4n) is 1.66. The Balaban J connectivity index is 1.93. The SMILES string of the molecule is CSCCCCNC1CCOC1C. The molecule has 1 fully saturated rings. The van der Waals surface area contributed by atoms with Crippen molar-refractivity contribution in [2.24, 2.45) is 0 Å². The zero-order valence-corrected chi connectivity index (χ0v) is 9.53. The monoisotopic (exact) mass is 203 g/mol. The van der Waals surface area contributed by atoms with Crippen molar-refractivity contribution in [3.8, 4) is 0 Å². The zero-order valence-electron chi connectivity index (χ0n) is 8.71. The van der Waals surface area contributed by atoms with Crippen LogP contribution in [-0.4, -0.2) is 37.3 Å². The van der Waals surface area contributed by atoms with Crippen LogP contribution in [0.5, 0.6) is 0 Å². The van der Waals surface area contributed by atoms with Crippen LogP contribution >= 0.6 is 11.8 Å². The van der Waals surface area contributed by atoms with Crippen LogP contribution in [0.2, 0.25) is 0 Å². The molecule has 1 saturated heterocycles. The molecule has 1 rings (SSSR count). The third-order valence-corrected chi connectivity index (χ3v) is 3.25. The highest BCUT2D eigenvalue weighted by Gasteiger charge is 2.22. The minimum absolute atomic E-state index is 0.417. The Bertz CT molecular complexity index is 132. The molecule has 13 heavy (non-hydrogen) atoms. The molecule has 0 aromatic carbocycles. The normalized spacial score (nSPS) is 28.2. The third-order valence-electron chi connectivity index (χ3n) is 2.56. The van der Waals surface area contributed by atoms with Gasteiger partial charge in [-0.1, -0.05) is 0 Å².